The maximum Gasteiger partial charge on any atom is 0.319 e. The van der Waals surface area contributed by atoms with Crippen LogP contribution < -0.4 is 16.0 Å². The fourth-order valence-corrected chi connectivity index (χ4v) is 2.89. The highest BCUT2D eigenvalue weighted by molar-refractivity contribution is 5.92. The van der Waals surface area contributed by atoms with Gasteiger partial charge >= 0.3 is 6.03 Å². The van der Waals surface area contributed by atoms with Gasteiger partial charge in [-0.3, -0.25) is 4.79 Å². The van der Waals surface area contributed by atoms with Crippen LogP contribution >= 0.6 is 0 Å². The number of hydrogen-bond donors (Lipinski definition) is 3. The van der Waals surface area contributed by atoms with E-state index in [0.717, 1.165) is 16.8 Å². The summed E-state index contributed by atoms with van der Waals surface area (Å²) in [6.45, 7) is 10.1. The number of rotatable bonds is 6. The Balaban J connectivity index is 1.92. The largest absolute Gasteiger partial charge is 0.331 e. The van der Waals surface area contributed by atoms with Gasteiger partial charge in [0.25, 0.3) is 0 Å². The van der Waals surface area contributed by atoms with Crippen molar-refractivity contribution >= 4 is 23.3 Å². The third-order valence-electron chi connectivity index (χ3n) is 4.27. The lowest BCUT2D eigenvalue weighted by atomic mass is 10.0. The Hall–Kier alpha value is -2.82. The minimum Gasteiger partial charge on any atom is -0.331 e. The summed E-state index contributed by atoms with van der Waals surface area (Å²) in [5, 5.41) is 8.64. The summed E-state index contributed by atoms with van der Waals surface area (Å²) in [7, 11) is 0. The van der Waals surface area contributed by atoms with E-state index in [1.807, 2.05) is 34.6 Å². The predicted octanol–water partition coefficient (Wildman–Crippen LogP) is 5.17. The first-order chi connectivity index (χ1) is 12.7. The molecule has 1 unspecified atom stereocenters. The Kier molecular flexibility index (Phi) is 6.99. The van der Waals surface area contributed by atoms with Crippen molar-refractivity contribution in [2.75, 3.05) is 10.6 Å². The molecule has 5 nitrogen and oxygen atoms in total. The standard InChI is InChI=1S/C22H29N3O2/c1-14(2)12-21(26)24-18-8-10-19(11-9-18)25-22(27)23-17(5)20-13-15(3)6-7-16(20)4/h6-11,13-14,17H,12H2,1-5H3,(H,24,26)(H2,23,25,27). The number of anilines is 2. The first-order valence-electron chi connectivity index (χ1n) is 9.29. The van der Waals surface area contributed by atoms with Gasteiger partial charge in [-0.25, -0.2) is 4.79 Å². The van der Waals surface area contributed by atoms with Crippen molar-refractivity contribution in [3.63, 3.8) is 0 Å². The lowest BCUT2D eigenvalue weighted by molar-refractivity contribution is -0.116. The predicted molar refractivity (Wildman–Crippen MR) is 111 cm³/mol. The van der Waals surface area contributed by atoms with Crippen LogP contribution in [0.2, 0.25) is 0 Å². The molecule has 0 radical (unpaired) electrons. The van der Waals surface area contributed by atoms with Crippen LogP contribution in [0.5, 0.6) is 0 Å². The summed E-state index contributed by atoms with van der Waals surface area (Å²) in [5.74, 6) is 0.305. The summed E-state index contributed by atoms with van der Waals surface area (Å²) < 4.78 is 0. The normalized spacial score (nSPS) is 11.8. The molecule has 144 valence electrons. The van der Waals surface area contributed by atoms with Gasteiger partial charge in [-0.15, -0.1) is 0 Å². The van der Waals surface area contributed by atoms with Gasteiger partial charge < -0.3 is 16.0 Å². The molecular weight excluding hydrogens is 338 g/mol. The molecule has 0 heterocycles. The molecule has 0 aliphatic heterocycles. The SMILES string of the molecule is Cc1ccc(C)c(C(C)NC(=O)Nc2ccc(NC(=O)CC(C)C)cc2)c1. The molecule has 2 aromatic rings. The van der Waals surface area contributed by atoms with Crippen molar-refractivity contribution in [2.45, 2.75) is 47.1 Å². The number of urea groups is 1. The molecule has 0 saturated heterocycles. The number of amides is 3. The summed E-state index contributed by atoms with van der Waals surface area (Å²) in [5.41, 5.74) is 4.81. The first kappa shape index (κ1) is 20.5. The molecule has 0 fully saturated rings. The van der Waals surface area contributed by atoms with Crippen molar-refractivity contribution in [3.8, 4) is 0 Å². The maximum atomic E-state index is 12.3. The van der Waals surface area contributed by atoms with Crippen LogP contribution in [0.25, 0.3) is 0 Å². The third-order valence-corrected chi connectivity index (χ3v) is 4.27. The average Bonchev–Trinajstić information content (AvgIpc) is 2.58. The molecule has 3 N–H and O–H groups in total. The van der Waals surface area contributed by atoms with Crippen LogP contribution in [-0.4, -0.2) is 11.9 Å². The van der Waals surface area contributed by atoms with E-state index in [-0.39, 0.29) is 18.0 Å². The van der Waals surface area contributed by atoms with E-state index in [1.165, 1.54) is 5.56 Å². The zero-order chi connectivity index (χ0) is 20.0. The Morgan fingerprint density at radius 3 is 2.07 bits per heavy atom. The quantitative estimate of drug-likeness (QED) is 0.659. The van der Waals surface area contributed by atoms with Crippen molar-refractivity contribution in [2.24, 2.45) is 5.92 Å². The molecule has 5 heteroatoms. The average molecular weight is 367 g/mol. The van der Waals surface area contributed by atoms with Gasteiger partial charge in [0, 0.05) is 17.8 Å². The van der Waals surface area contributed by atoms with E-state index in [4.69, 9.17) is 0 Å². The molecule has 0 saturated carbocycles. The number of carbonyl (C=O) groups excluding carboxylic acids is 2. The second-order valence-corrected chi connectivity index (χ2v) is 7.40. The summed E-state index contributed by atoms with van der Waals surface area (Å²) in [6, 6.07) is 13.0. The zero-order valence-corrected chi connectivity index (χ0v) is 16.7. The Labute approximate surface area is 161 Å². The second kappa shape index (κ2) is 9.21. The fourth-order valence-electron chi connectivity index (χ4n) is 2.89. The second-order valence-electron chi connectivity index (χ2n) is 7.40. The van der Waals surface area contributed by atoms with Gasteiger partial charge in [-0.1, -0.05) is 37.6 Å². The van der Waals surface area contributed by atoms with Crippen molar-refractivity contribution < 1.29 is 9.59 Å². The maximum absolute atomic E-state index is 12.3. The molecule has 0 aliphatic carbocycles. The Bertz CT molecular complexity index is 798. The number of aryl methyl sites for hydroxylation is 2. The molecule has 3 amide bonds. The van der Waals surface area contributed by atoms with Gasteiger partial charge in [0.1, 0.15) is 0 Å². The van der Waals surface area contributed by atoms with E-state index in [0.29, 0.717) is 18.0 Å². The molecule has 0 aliphatic rings. The molecule has 0 spiro atoms. The number of hydrogen-bond acceptors (Lipinski definition) is 2. The number of benzene rings is 2. The van der Waals surface area contributed by atoms with Gasteiger partial charge in [-0.05, 0) is 62.1 Å². The van der Waals surface area contributed by atoms with Gasteiger partial charge in [-0.2, -0.15) is 0 Å². The highest BCUT2D eigenvalue weighted by Gasteiger charge is 2.12. The highest BCUT2D eigenvalue weighted by Crippen LogP contribution is 2.19. The molecule has 2 rings (SSSR count). The van der Waals surface area contributed by atoms with Crippen LogP contribution in [0.1, 0.15) is 49.9 Å². The third kappa shape index (κ3) is 6.44. The van der Waals surface area contributed by atoms with E-state index < -0.39 is 0 Å². The van der Waals surface area contributed by atoms with Gasteiger partial charge in [0.05, 0.1) is 6.04 Å². The zero-order valence-electron chi connectivity index (χ0n) is 16.7. The minimum atomic E-state index is -0.264. The van der Waals surface area contributed by atoms with Crippen LogP contribution in [0, 0.1) is 19.8 Å². The van der Waals surface area contributed by atoms with Crippen LogP contribution in [0.4, 0.5) is 16.2 Å². The Morgan fingerprint density at radius 2 is 1.48 bits per heavy atom. The highest BCUT2D eigenvalue weighted by atomic mass is 16.2. The van der Waals surface area contributed by atoms with Gasteiger partial charge in [0.2, 0.25) is 5.91 Å². The summed E-state index contributed by atoms with van der Waals surface area (Å²) in [4.78, 5) is 24.1. The van der Waals surface area contributed by atoms with E-state index in [1.54, 1.807) is 24.3 Å². The molecule has 0 aromatic heterocycles. The van der Waals surface area contributed by atoms with Crippen molar-refractivity contribution in [3.05, 3.63) is 59.2 Å². The van der Waals surface area contributed by atoms with Crippen LogP contribution in [0.3, 0.4) is 0 Å². The van der Waals surface area contributed by atoms with Crippen molar-refractivity contribution in [1.29, 1.82) is 0 Å². The molecular formula is C22H29N3O2. The van der Waals surface area contributed by atoms with E-state index in [9.17, 15) is 9.59 Å². The lowest BCUT2D eigenvalue weighted by Gasteiger charge is -2.18. The number of nitrogens with one attached hydrogen (secondary N) is 3. The monoisotopic (exact) mass is 367 g/mol. The fraction of sp³-hybridized carbons (Fsp3) is 0.364. The van der Waals surface area contributed by atoms with Crippen molar-refractivity contribution in [1.82, 2.24) is 5.32 Å². The van der Waals surface area contributed by atoms with E-state index in [2.05, 4.69) is 34.1 Å². The van der Waals surface area contributed by atoms with Gasteiger partial charge in [0.15, 0.2) is 0 Å². The molecule has 1 atom stereocenters. The van der Waals surface area contributed by atoms with Crippen LogP contribution in [0.15, 0.2) is 42.5 Å². The van der Waals surface area contributed by atoms with Crippen LogP contribution in [-0.2, 0) is 4.79 Å². The first-order valence-corrected chi connectivity index (χ1v) is 9.29. The topological polar surface area (TPSA) is 70.2 Å². The Morgan fingerprint density at radius 1 is 0.889 bits per heavy atom. The minimum absolute atomic E-state index is 0.00852. The lowest BCUT2D eigenvalue weighted by Crippen LogP contribution is -2.31. The summed E-state index contributed by atoms with van der Waals surface area (Å²) in [6.07, 6.45) is 0.485. The molecule has 2 aromatic carbocycles. The molecule has 0 bridgehead atoms. The number of carbonyl (C=O) groups is 2. The summed E-state index contributed by atoms with van der Waals surface area (Å²) >= 11 is 0. The smallest absolute Gasteiger partial charge is 0.319 e. The molecule has 27 heavy (non-hydrogen) atoms. The van der Waals surface area contributed by atoms with E-state index >= 15 is 0 Å².